The number of aliphatic carboxylic acids is 1. The number of furan rings is 1. The Labute approximate surface area is 173 Å². The third-order valence-corrected chi connectivity index (χ3v) is 6.01. The van der Waals surface area contributed by atoms with Crippen LogP contribution in [0.5, 0.6) is 0 Å². The maximum Gasteiger partial charge on any atom is 0.339 e. The summed E-state index contributed by atoms with van der Waals surface area (Å²) in [6.45, 7) is 3.55. The van der Waals surface area contributed by atoms with Gasteiger partial charge in [0.15, 0.2) is 0 Å². The first-order valence-corrected chi connectivity index (χ1v) is 10.4. The SMILES string of the molecule is CC[C@H](NC(=O)CCc1c(C)c2cc3c4c(oc3cc2oc1=O)CCCC4)C(=O)O. The topological polar surface area (TPSA) is 110 Å². The smallest absolute Gasteiger partial charge is 0.339 e. The average Bonchev–Trinajstić information content (AvgIpc) is 3.07. The van der Waals surface area contributed by atoms with Crippen LogP contribution in [-0.4, -0.2) is 23.0 Å². The van der Waals surface area contributed by atoms with E-state index in [-0.39, 0.29) is 12.8 Å². The number of benzene rings is 1. The highest BCUT2D eigenvalue weighted by atomic mass is 16.4. The van der Waals surface area contributed by atoms with Crippen molar-refractivity contribution in [1.29, 1.82) is 0 Å². The van der Waals surface area contributed by atoms with E-state index in [1.54, 1.807) is 13.0 Å². The first-order valence-electron chi connectivity index (χ1n) is 10.4. The third kappa shape index (κ3) is 3.60. The standard InChI is InChI=1S/C23H25NO6/c1-3-17(22(26)27)24-21(25)9-8-13-12(2)15-10-16-14-6-4-5-7-18(14)29-20(16)11-19(15)30-23(13)28/h10-11,17H,3-9H2,1-2H3,(H,24,25)(H,26,27)/t17-/m0/s1. The number of amides is 1. The van der Waals surface area contributed by atoms with Gasteiger partial charge in [0.1, 0.15) is 23.0 Å². The van der Waals surface area contributed by atoms with E-state index in [1.165, 1.54) is 5.56 Å². The first-order chi connectivity index (χ1) is 14.4. The molecule has 1 atom stereocenters. The van der Waals surface area contributed by atoms with Gasteiger partial charge in [-0.2, -0.15) is 0 Å². The Morgan fingerprint density at radius 1 is 1.13 bits per heavy atom. The molecule has 0 saturated carbocycles. The molecular weight excluding hydrogens is 386 g/mol. The molecule has 0 radical (unpaired) electrons. The van der Waals surface area contributed by atoms with Crippen LogP contribution in [0, 0.1) is 6.92 Å². The zero-order chi connectivity index (χ0) is 21.4. The normalized spacial score (nSPS) is 14.6. The van der Waals surface area contributed by atoms with Crippen LogP contribution in [0.15, 0.2) is 25.8 Å². The van der Waals surface area contributed by atoms with E-state index in [1.807, 2.05) is 13.0 Å². The van der Waals surface area contributed by atoms with Gasteiger partial charge in [-0.3, -0.25) is 4.79 Å². The molecule has 2 heterocycles. The summed E-state index contributed by atoms with van der Waals surface area (Å²) in [6, 6.07) is 2.89. The zero-order valence-electron chi connectivity index (χ0n) is 17.2. The van der Waals surface area contributed by atoms with Gasteiger partial charge < -0.3 is 19.3 Å². The second-order valence-corrected chi connectivity index (χ2v) is 7.92. The highest BCUT2D eigenvalue weighted by molar-refractivity contribution is 5.97. The number of carbonyl (C=O) groups excluding carboxylic acids is 1. The summed E-state index contributed by atoms with van der Waals surface area (Å²) in [4.78, 5) is 35.8. The highest BCUT2D eigenvalue weighted by Crippen LogP contribution is 2.35. The van der Waals surface area contributed by atoms with Crippen molar-refractivity contribution in [3.8, 4) is 0 Å². The zero-order valence-corrected chi connectivity index (χ0v) is 17.2. The molecule has 0 spiro atoms. The number of fused-ring (bicyclic) bond motifs is 4. The molecule has 0 saturated heterocycles. The fourth-order valence-corrected chi connectivity index (χ4v) is 4.28. The van der Waals surface area contributed by atoms with Crippen LogP contribution in [0.2, 0.25) is 0 Å². The molecular formula is C23H25NO6. The maximum absolute atomic E-state index is 12.6. The van der Waals surface area contributed by atoms with E-state index >= 15 is 0 Å². The second-order valence-electron chi connectivity index (χ2n) is 7.92. The minimum absolute atomic E-state index is 0.0181. The Hall–Kier alpha value is -3.09. The quantitative estimate of drug-likeness (QED) is 0.599. The van der Waals surface area contributed by atoms with Crippen molar-refractivity contribution < 1.29 is 23.5 Å². The fraction of sp³-hybridized carbons (Fsp3) is 0.435. The number of hydrogen-bond acceptors (Lipinski definition) is 5. The molecule has 158 valence electrons. The number of carboxylic acid groups (broad SMARTS) is 1. The van der Waals surface area contributed by atoms with Crippen molar-refractivity contribution in [3.05, 3.63) is 45.0 Å². The molecule has 2 N–H and O–H groups in total. The number of carboxylic acids is 1. The van der Waals surface area contributed by atoms with Gasteiger partial charge in [0.25, 0.3) is 0 Å². The Morgan fingerprint density at radius 3 is 2.60 bits per heavy atom. The molecule has 7 nitrogen and oxygen atoms in total. The Morgan fingerprint density at radius 2 is 1.87 bits per heavy atom. The lowest BCUT2D eigenvalue weighted by Crippen LogP contribution is -2.40. The van der Waals surface area contributed by atoms with Crippen molar-refractivity contribution in [2.45, 2.75) is 64.8 Å². The molecule has 3 aromatic rings. The van der Waals surface area contributed by atoms with Gasteiger partial charge in [-0.1, -0.05) is 6.92 Å². The van der Waals surface area contributed by atoms with Crippen LogP contribution >= 0.6 is 0 Å². The van der Waals surface area contributed by atoms with Crippen LogP contribution < -0.4 is 10.9 Å². The first kappa shape index (κ1) is 20.2. The van der Waals surface area contributed by atoms with Gasteiger partial charge in [0.05, 0.1) is 0 Å². The van der Waals surface area contributed by atoms with Crippen molar-refractivity contribution >= 4 is 33.8 Å². The average molecular weight is 411 g/mol. The van der Waals surface area contributed by atoms with Gasteiger partial charge >= 0.3 is 11.6 Å². The summed E-state index contributed by atoms with van der Waals surface area (Å²) in [7, 11) is 0. The predicted molar refractivity (Wildman–Crippen MR) is 112 cm³/mol. The maximum atomic E-state index is 12.6. The van der Waals surface area contributed by atoms with E-state index in [9.17, 15) is 14.4 Å². The molecule has 0 unspecified atom stereocenters. The third-order valence-electron chi connectivity index (χ3n) is 6.01. The van der Waals surface area contributed by atoms with Crippen LogP contribution in [-0.2, 0) is 28.9 Å². The van der Waals surface area contributed by atoms with E-state index in [2.05, 4.69) is 5.32 Å². The Kier molecular flexibility index (Phi) is 5.37. The van der Waals surface area contributed by atoms with Gasteiger partial charge in [-0.25, -0.2) is 9.59 Å². The Balaban J connectivity index is 1.65. The molecule has 0 fully saturated rings. The molecule has 0 bridgehead atoms. The van der Waals surface area contributed by atoms with Gasteiger partial charge in [0, 0.05) is 40.8 Å². The van der Waals surface area contributed by atoms with Gasteiger partial charge in [0.2, 0.25) is 5.91 Å². The van der Waals surface area contributed by atoms with Crippen LogP contribution in [0.3, 0.4) is 0 Å². The number of hydrogen-bond donors (Lipinski definition) is 2. The molecule has 7 heteroatoms. The summed E-state index contributed by atoms with van der Waals surface area (Å²) < 4.78 is 11.5. The van der Waals surface area contributed by atoms with Crippen molar-refractivity contribution in [3.63, 3.8) is 0 Å². The molecule has 0 aliphatic heterocycles. The summed E-state index contributed by atoms with van der Waals surface area (Å²) in [5.74, 6) is -0.449. The summed E-state index contributed by atoms with van der Waals surface area (Å²) >= 11 is 0. The molecule has 30 heavy (non-hydrogen) atoms. The lowest BCUT2D eigenvalue weighted by Gasteiger charge is -2.12. The lowest BCUT2D eigenvalue weighted by molar-refractivity contribution is -0.141. The summed E-state index contributed by atoms with van der Waals surface area (Å²) in [5, 5.41) is 13.5. The minimum atomic E-state index is -1.07. The fourth-order valence-electron chi connectivity index (χ4n) is 4.28. The van der Waals surface area contributed by atoms with E-state index in [0.29, 0.717) is 17.6 Å². The van der Waals surface area contributed by atoms with Crippen LogP contribution in [0.25, 0.3) is 21.9 Å². The van der Waals surface area contributed by atoms with Crippen molar-refractivity contribution in [1.82, 2.24) is 5.32 Å². The lowest BCUT2D eigenvalue weighted by atomic mass is 9.94. The second kappa shape index (κ2) is 7.97. The molecule has 4 rings (SSSR count). The summed E-state index contributed by atoms with van der Waals surface area (Å²) in [6.07, 6.45) is 4.67. The molecule has 1 aliphatic rings. The number of carbonyl (C=O) groups is 2. The Bertz CT molecular complexity index is 1200. The van der Waals surface area contributed by atoms with Crippen LogP contribution in [0.1, 0.15) is 55.1 Å². The molecule has 1 amide bonds. The van der Waals surface area contributed by atoms with E-state index in [0.717, 1.165) is 53.4 Å². The van der Waals surface area contributed by atoms with E-state index in [4.69, 9.17) is 13.9 Å². The molecule has 2 aromatic heterocycles. The van der Waals surface area contributed by atoms with Crippen molar-refractivity contribution in [2.24, 2.45) is 0 Å². The number of aryl methyl sites for hydroxylation is 3. The van der Waals surface area contributed by atoms with Crippen LogP contribution in [0.4, 0.5) is 0 Å². The predicted octanol–water partition coefficient (Wildman–Crippen LogP) is 3.64. The number of nitrogens with one attached hydrogen (secondary N) is 1. The van der Waals surface area contributed by atoms with Crippen molar-refractivity contribution in [2.75, 3.05) is 0 Å². The number of rotatable bonds is 6. The monoisotopic (exact) mass is 411 g/mol. The summed E-state index contributed by atoms with van der Waals surface area (Å²) in [5.41, 5.74) is 3.20. The van der Waals surface area contributed by atoms with Gasteiger partial charge in [-0.15, -0.1) is 0 Å². The minimum Gasteiger partial charge on any atom is -0.480 e. The largest absolute Gasteiger partial charge is 0.480 e. The highest BCUT2D eigenvalue weighted by Gasteiger charge is 2.21. The van der Waals surface area contributed by atoms with Gasteiger partial charge in [-0.05, 0) is 50.7 Å². The molecule has 1 aliphatic carbocycles. The van der Waals surface area contributed by atoms with E-state index < -0.39 is 23.5 Å². The molecule has 1 aromatic carbocycles.